The molecular weight excluding hydrogens is 315 g/mol. The van der Waals surface area contributed by atoms with E-state index in [0.29, 0.717) is 28.8 Å². The monoisotopic (exact) mass is 326 g/mol. The Labute approximate surface area is 131 Å². The minimum atomic E-state index is 0.0705. The van der Waals surface area contributed by atoms with Crippen molar-refractivity contribution in [1.82, 2.24) is 0 Å². The van der Waals surface area contributed by atoms with E-state index in [1.807, 2.05) is 11.4 Å². The van der Waals surface area contributed by atoms with Crippen molar-refractivity contribution in [3.05, 3.63) is 50.1 Å². The van der Waals surface area contributed by atoms with Gasteiger partial charge in [0.2, 0.25) is 0 Å². The van der Waals surface area contributed by atoms with Gasteiger partial charge in [-0.25, -0.2) is 0 Å². The lowest BCUT2D eigenvalue weighted by molar-refractivity contribution is 0.305. The number of rotatable bonds is 4. The molecule has 20 heavy (non-hydrogen) atoms. The maximum Gasteiger partial charge on any atom is 0.139 e. The summed E-state index contributed by atoms with van der Waals surface area (Å²) in [4.78, 5) is 1.02. The zero-order valence-corrected chi connectivity index (χ0v) is 12.9. The molecule has 0 saturated carbocycles. The molecule has 0 saturated heterocycles. The predicted molar refractivity (Wildman–Crippen MR) is 83.7 cm³/mol. The molecule has 5 heteroatoms. The summed E-state index contributed by atoms with van der Waals surface area (Å²) in [6.45, 7) is 0.460. The van der Waals surface area contributed by atoms with Crippen LogP contribution in [0.4, 0.5) is 0 Å². The van der Waals surface area contributed by atoms with E-state index in [1.165, 1.54) is 0 Å². The fourth-order valence-electron chi connectivity index (χ4n) is 1.51. The maximum atomic E-state index is 8.72. The summed E-state index contributed by atoms with van der Waals surface area (Å²) in [5, 5.41) is 11.8. The van der Waals surface area contributed by atoms with Gasteiger partial charge in [0.05, 0.1) is 16.5 Å². The van der Waals surface area contributed by atoms with Crippen LogP contribution >= 0.6 is 34.5 Å². The molecule has 0 atom stereocenters. The van der Waals surface area contributed by atoms with Gasteiger partial charge < -0.3 is 9.84 Å². The van der Waals surface area contributed by atoms with Crippen LogP contribution in [0.2, 0.25) is 10.0 Å². The van der Waals surface area contributed by atoms with Gasteiger partial charge in [-0.3, -0.25) is 0 Å². The zero-order chi connectivity index (χ0) is 14.4. The molecule has 2 rings (SSSR count). The second kappa shape index (κ2) is 7.56. The summed E-state index contributed by atoms with van der Waals surface area (Å²) < 4.78 is 5.69. The van der Waals surface area contributed by atoms with Crippen LogP contribution in [0, 0.1) is 11.8 Å². The predicted octanol–water partition coefficient (Wildman–Crippen LogP) is 4.37. The van der Waals surface area contributed by atoms with Crippen LogP contribution in [-0.2, 0) is 6.61 Å². The maximum absolute atomic E-state index is 8.72. The van der Waals surface area contributed by atoms with Crippen molar-refractivity contribution in [3.63, 3.8) is 0 Å². The summed E-state index contributed by atoms with van der Waals surface area (Å²) in [6, 6.07) is 7.05. The Kier molecular flexibility index (Phi) is 5.75. The van der Waals surface area contributed by atoms with Crippen LogP contribution in [0.5, 0.6) is 5.75 Å². The summed E-state index contributed by atoms with van der Waals surface area (Å²) in [7, 11) is 0. The van der Waals surface area contributed by atoms with Gasteiger partial charge in [-0.05, 0) is 23.6 Å². The van der Waals surface area contributed by atoms with Gasteiger partial charge >= 0.3 is 0 Å². The van der Waals surface area contributed by atoms with Crippen LogP contribution in [-0.4, -0.2) is 11.7 Å². The lowest BCUT2D eigenvalue weighted by atomic mass is 10.2. The fraction of sp³-hybridized carbons (Fsp3) is 0.200. The summed E-state index contributed by atoms with van der Waals surface area (Å²) in [5.74, 6) is 6.48. The van der Waals surface area contributed by atoms with Crippen LogP contribution < -0.4 is 4.74 Å². The van der Waals surface area contributed by atoms with Gasteiger partial charge in [0, 0.05) is 23.1 Å². The van der Waals surface area contributed by atoms with Crippen LogP contribution in [0.25, 0.3) is 0 Å². The van der Waals surface area contributed by atoms with E-state index in [1.54, 1.807) is 29.5 Å². The van der Waals surface area contributed by atoms with Gasteiger partial charge in [0.1, 0.15) is 12.4 Å². The Hall–Kier alpha value is -1.18. The second-order valence-electron chi connectivity index (χ2n) is 3.90. The molecule has 1 heterocycles. The number of ether oxygens (including phenoxy) is 1. The molecule has 0 aliphatic rings. The first-order valence-corrected chi connectivity index (χ1v) is 7.58. The molecule has 104 valence electrons. The van der Waals surface area contributed by atoms with E-state index in [4.69, 9.17) is 33.0 Å². The van der Waals surface area contributed by atoms with Crippen molar-refractivity contribution in [3.8, 4) is 17.6 Å². The average molecular weight is 327 g/mol. The van der Waals surface area contributed by atoms with Crippen molar-refractivity contribution in [2.45, 2.75) is 13.0 Å². The largest absolute Gasteiger partial charge is 0.486 e. The Balaban J connectivity index is 2.06. The van der Waals surface area contributed by atoms with Crippen molar-refractivity contribution >= 4 is 34.5 Å². The third-order valence-corrected chi connectivity index (χ3v) is 3.90. The standard InChI is InChI=1S/C15H12Cl2O2S/c16-12-4-5-13(17)14(9-12)19-10-15-11(6-8-20-15)3-1-2-7-18/h4-6,8-9,18H,2,7,10H2. The van der Waals surface area contributed by atoms with Crippen molar-refractivity contribution < 1.29 is 9.84 Å². The molecule has 0 fully saturated rings. The highest BCUT2D eigenvalue weighted by Gasteiger charge is 2.06. The molecule has 0 aliphatic heterocycles. The number of hydrogen-bond acceptors (Lipinski definition) is 3. The average Bonchev–Trinajstić information content (AvgIpc) is 2.88. The Morgan fingerprint density at radius 2 is 2.10 bits per heavy atom. The fourth-order valence-corrected chi connectivity index (χ4v) is 2.58. The summed E-state index contributed by atoms with van der Waals surface area (Å²) in [6.07, 6.45) is 0.469. The second-order valence-corrected chi connectivity index (χ2v) is 5.74. The molecule has 0 amide bonds. The highest BCUT2D eigenvalue weighted by molar-refractivity contribution is 7.10. The molecule has 1 N–H and O–H groups in total. The SMILES string of the molecule is OCCC#Cc1ccsc1COc1cc(Cl)ccc1Cl. The van der Waals surface area contributed by atoms with E-state index in [0.717, 1.165) is 10.4 Å². The molecule has 1 aromatic heterocycles. The normalized spacial score (nSPS) is 9.95. The number of aliphatic hydroxyl groups is 1. The molecule has 0 unspecified atom stereocenters. The lowest BCUT2D eigenvalue weighted by Crippen LogP contribution is -1.95. The zero-order valence-electron chi connectivity index (χ0n) is 10.5. The number of benzene rings is 1. The summed E-state index contributed by atoms with van der Waals surface area (Å²) >= 11 is 13.5. The Morgan fingerprint density at radius 1 is 1.25 bits per heavy atom. The third kappa shape index (κ3) is 4.16. The first-order valence-electron chi connectivity index (χ1n) is 5.94. The minimum absolute atomic E-state index is 0.0705. The number of hydrogen-bond donors (Lipinski definition) is 1. The van der Waals surface area contributed by atoms with Gasteiger partial charge in [0.25, 0.3) is 0 Å². The molecule has 2 nitrogen and oxygen atoms in total. The molecule has 0 radical (unpaired) electrons. The van der Waals surface area contributed by atoms with Gasteiger partial charge in [-0.15, -0.1) is 11.3 Å². The highest BCUT2D eigenvalue weighted by atomic mass is 35.5. The first kappa shape index (κ1) is 15.2. The lowest BCUT2D eigenvalue weighted by Gasteiger charge is -2.07. The van der Waals surface area contributed by atoms with E-state index in [-0.39, 0.29) is 6.61 Å². The van der Waals surface area contributed by atoms with Crippen molar-refractivity contribution in [2.75, 3.05) is 6.61 Å². The Bertz CT molecular complexity index is 641. The number of halogens is 2. The van der Waals surface area contributed by atoms with E-state index >= 15 is 0 Å². The molecule has 0 spiro atoms. The number of thiophene rings is 1. The van der Waals surface area contributed by atoms with Crippen molar-refractivity contribution in [2.24, 2.45) is 0 Å². The van der Waals surface area contributed by atoms with Crippen LogP contribution in [0.15, 0.2) is 29.6 Å². The van der Waals surface area contributed by atoms with Gasteiger partial charge in [-0.1, -0.05) is 35.0 Å². The first-order chi connectivity index (χ1) is 9.70. The molecule has 0 bridgehead atoms. The van der Waals surface area contributed by atoms with E-state index < -0.39 is 0 Å². The smallest absolute Gasteiger partial charge is 0.139 e. The minimum Gasteiger partial charge on any atom is -0.486 e. The van der Waals surface area contributed by atoms with Crippen LogP contribution in [0.1, 0.15) is 16.9 Å². The van der Waals surface area contributed by atoms with Crippen molar-refractivity contribution in [1.29, 1.82) is 0 Å². The van der Waals surface area contributed by atoms with E-state index in [9.17, 15) is 0 Å². The van der Waals surface area contributed by atoms with Gasteiger partial charge in [-0.2, -0.15) is 0 Å². The molecule has 1 aromatic carbocycles. The molecule has 0 aliphatic carbocycles. The molecule has 2 aromatic rings. The number of aliphatic hydroxyl groups excluding tert-OH is 1. The van der Waals surface area contributed by atoms with Gasteiger partial charge in [0.15, 0.2) is 0 Å². The van der Waals surface area contributed by atoms with Crippen LogP contribution in [0.3, 0.4) is 0 Å². The Morgan fingerprint density at radius 3 is 2.90 bits per heavy atom. The molecular formula is C15H12Cl2O2S. The third-order valence-electron chi connectivity index (χ3n) is 2.46. The quantitative estimate of drug-likeness (QED) is 0.845. The van der Waals surface area contributed by atoms with E-state index in [2.05, 4.69) is 11.8 Å². The summed E-state index contributed by atoms with van der Waals surface area (Å²) in [5.41, 5.74) is 0.918. The highest BCUT2D eigenvalue weighted by Crippen LogP contribution is 2.29. The topological polar surface area (TPSA) is 29.5 Å².